The minimum Gasteiger partial charge on any atom is -0.381 e. The second kappa shape index (κ2) is 5.17. The van der Waals surface area contributed by atoms with Crippen molar-refractivity contribution in [3.8, 4) is 0 Å². The van der Waals surface area contributed by atoms with E-state index in [1.165, 1.54) is 0 Å². The number of carbonyl (C=O) groups is 1. The number of amides is 1. The molecule has 1 saturated heterocycles. The topological polar surface area (TPSA) is 38.3 Å². The molecule has 1 aliphatic rings. The smallest absolute Gasteiger partial charge is 0.224 e. The molecule has 2 unspecified atom stereocenters. The standard InChI is InChI=1S/C11H20ClNO2/c1-8-6-15-5-4-9(8)10(14)13-11(2,3)7-12/h8-9H,4-7H2,1-3H3,(H,13,14). The number of carbonyl (C=O) groups excluding carboxylic acids is 1. The first kappa shape index (κ1) is 12.8. The molecule has 1 aliphatic heterocycles. The Balaban J connectivity index is 2.52. The predicted octanol–water partition coefficient (Wildman–Crippen LogP) is 1.79. The maximum Gasteiger partial charge on any atom is 0.224 e. The second-order valence-corrected chi connectivity index (χ2v) is 5.22. The summed E-state index contributed by atoms with van der Waals surface area (Å²) >= 11 is 5.77. The summed E-state index contributed by atoms with van der Waals surface area (Å²) in [5.74, 6) is 0.902. The van der Waals surface area contributed by atoms with Crippen LogP contribution in [0.4, 0.5) is 0 Å². The largest absolute Gasteiger partial charge is 0.381 e. The van der Waals surface area contributed by atoms with Crippen molar-refractivity contribution in [3.05, 3.63) is 0 Å². The summed E-state index contributed by atoms with van der Waals surface area (Å²) in [5.41, 5.74) is -0.323. The number of alkyl halides is 1. The molecule has 0 aliphatic carbocycles. The summed E-state index contributed by atoms with van der Waals surface area (Å²) in [5, 5.41) is 2.98. The fourth-order valence-electron chi connectivity index (χ4n) is 1.73. The molecule has 2 atom stereocenters. The van der Waals surface area contributed by atoms with Gasteiger partial charge >= 0.3 is 0 Å². The van der Waals surface area contributed by atoms with Crippen LogP contribution in [-0.2, 0) is 9.53 Å². The quantitative estimate of drug-likeness (QED) is 0.755. The highest BCUT2D eigenvalue weighted by Gasteiger charge is 2.31. The number of ether oxygens (including phenoxy) is 1. The third kappa shape index (κ3) is 3.65. The molecular formula is C11H20ClNO2. The maximum absolute atomic E-state index is 12.0. The predicted molar refractivity (Wildman–Crippen MR) is 61.0 cm³/mol. The van der Waals surface area contributed by atoms with Gasteiger partial charge in [0.25, 0.3) is 0 Å². The Morgan fingerprint density at radius 1 is 1.60 bits per heavy atom. The minimum atomic E-state index is -0.323. The van der Waals surface area contributed by atoms with Gasteiger partial charge in [-0.15, -0.1) is 11.6 Å². The molecule has 0 aromatic rings. The van der Waals surface area contributed by atoms with E-state index < -0.39 is 0 Å². The van der Waals surface area contributed by atoms with Crippen molar-refractivity contribution in [2.45, 2.75) is 32.7 Å². The van der Waals surface area contributed by atoms with Gasteiger partial charge in [-0.25, -0.2) is 0 Å². The summed E-state index contributed by atoms with van der Waals surface area (Å²) in [6.07, 6.45) is 0.811. The Labute approximate surface area is 96.5 Å². The van der Waals surface area contributed by atoms with Crippen molar-refractivity contribution >= 4 is 17.5 Å². The highest BCUT2D eigenvalue weighted by Crippen LogP contribution is 2.22. The summed E-state index contributed by atoms with van der Waals surface area (Å²) in [4.78, 5) is 12.0. The molecule has 1 rings (SSSR count). The van der Waals surface area contributed by atoms with E-state index in [0.29, 0.717) is 25.0 Å². The Kier molecular flexibility index (Phi) is 4.41. The molecule has 3 nitrogen and oxygen atoms in total. The molecule has 0 radical (unpaired) electrons. The lowest BCUT2D eigenvalue weighted by molar-refractivity contribution is -0.132. The molecule has 4 heteroatoms. The van der Waals surface area contributed by atoms with Crippen LogP contribution in [0.1, 0.15) is 27.2 Å². The zero-order chi connectivity index (χ0) is 11.5. The lowest BCUT2D eigenvalue weighted by atomic mass is 9.88. The minimum absolute atomic E-state index is 0.0706. The highest BCUT2D eigenvalue weighted by molar-refractivity contribution is 6.18. The Bertz CT molecular complexity index is 231. The normalized spacial score (nSPS) is 27.5. The molecule has 88 valence electrons. The molecular weight excluding hydrogens is 214 g/mol. The van der Waals surface area contributed by atoms with Crippen molar-refractivity contribution in [2.75, 3.05) is 19.1 Å². The van der Waals surface area contributed by atoms with Crippen LogP contribution in [0.3, 0.4) is 0 Å². The number of hydrogen-bond acceptors (Lipinski definition) is 2. The van der Waals surface area contributed by atoms with Gasteiger partial charge in [0.1, 0.15) is 0 Å². The fourth-order valence-corrected chi connectivity index (χ4v) is 1.80. The lowest BCUT2D eigenvalue weighted by Gasteiger charge is -2.31. The first-order valence-corrected chi connectivity index (χ1v) is 5.95. The average Bonchev–Trinajstić information content (AvgIpc) is 2.17. The molecule has 1 heterocycles. The number of rotatable bonds is 3. The van der Waals surface area contributed by atoms with E-state index in [0.717, 1.165) is 6.42 Å². The van der Waals surface area contributed by atoms with E-state index in [1.54, 1.807) is 0 Å². The molecule has 1 fully saturated rings. The average molecular weight is 234 g/mol. The number of nitrogens with one attached hydrogen (secondary N) is 1. The van der Waals surface area contributed by atoms with Crippen LogP contribution in [0.2, 0.25) is 0 Å². The van der Waals surface area contributed by atoms with Crippen LogP contribution >= 0.6 is 11.6 Å². The maximum atomic E-state index is 12.0. The Morgan fingerprint density at radius 2 is 2.27 bits per heavy atom. The molecule has 0 bridgehead atoms. The first-order chi connectivity index (χ1) is 6.96. The van der Waals surface area contributed by atoms with E-state index in [-0.39, 0.29) is 17.4 Å². The molecule has 0 aromatic carbocycles. The monoisotopic (exact) mass is 233 g/mol. The van der Waals surface area contributed by atoms with Crippen molar-refractivity contribution in [1.82, 2.24) is 5.32 Å². The summed E-state index contributed by atoms with van der Waals surface area (Å²) in [6.45, 7) is 7.28. The van der Waals surface area contributed by atoms with Gasteiger partial charge in [0.05, 0.1) is 0 Å². The first-order valence-electron chi connectivity index (χ1n) is 5.42. The third-order valence-electron chi connectivity index (χ3n) is 2.77. The van der Waals surface area contributed by atoms with Crippen molar-refractivity contribution in [3.63, 3.8) is 0 Å². The van der Waals surface area contributed by atoms with Crippen LogP contribution in [0.25, 0.3) is 0 Å². The van der Waals surface area contributed by atoms with Crippen LogP contribution in [0.5, 0.6) is 0 Å². The van der Waals surface area contributed by atoms with Gasteiger partial charge in [-0.2, -0.15) is 0 Å². The Hall–Kier alpha value is -0.280. The van der Waals surface area contributed by atoms with E-state index in [4.69, 9.17) is 16.3 Å². The Morgan fingerprint density at radius 3 is 2.80 bits per heavy atom. The lowest BCUT2D eigenvalue weighted by Crippen LogP contribution is -2.49. The molecule has 0 spiro atoms. The van der Waals surface area contributed by atoms with Gasteiger partial charge < -0.3 is 10.1 Å². The summed E-state index contributed by atoms with van der Waals surface area (Å²) in [7, 11) is 0. The van der Waals surface area contributed by atoms with E-state index >= 15 is 0 Å². The summed E-state index contributed by atoms with van der Waals surface area (Å²) < 4.78 is 5.31. The van der Waals surface area contributed by atoms with Crippen LogP contribution in [0.15, 0.2) is 0 Å². The second-order valence-electron chi connectivity index (χ2n) is 4.95. The van der Waals surface area contributed by atoms with Gasteiger partial charge in [-0.3, -0.25) is 4.79 Å². The molecule has 1 amide bonds. The fraction of sp³-hybridized carbons (Fsp3) is 0.909. The number of halogens is 1. The SMILES string of the molecule is CC1COCCC1C(=O)NC(C)(C)CCl. The van der Waals surface area contributed by atoms with Crippen LogP contribution < -0.4 is 5.32 Å². The molecule has 15 heavy (non-hydrogen) atoms. The zero-order valence-corrected chi connectivity index (χ0v) is 10.4. The number of hydrogen-bond donors (Lipinski definition) is 1. The van der Waals surface area contributed by atoms with E-state index in [9.17, 15) is 4.79 Å². The molecule has 1 N–H and O–H groups in total. The molecule has 0 saturated carbocycles. The summed E-state index contributed by atoms with van der Waals surface area (Å²) in [6, 6.07) is 0. The highest BCUT2D eigenvalue weighted by atomic mass is 35.5. The van der Waals surface area contributed by atoms with Crippen molar-refractivity contribution < 1.29 is 9.53 Å². The van der Waals surface area contributed by atoms with Crippen LogP contribution in [0, 0.1) is 11.8 Å². The van der Waals surface area contributed by atoms with Crippen molar-refractivity contribution in [1.29, 1.82) is 0 Å². The van der Waals surface area contributed by atoms with Gasteiger partial charge in [-0.1, -0.05) is 6.92 Å². The van der Waals surface area contributed by atoms with Gasteiger partial charge in [0, 0.05) is 30.6 Å². The van der Waals surface area contributed by atoms with Gasteiger partial charge in [0.15, 0.2) is 0 Å². The zero-order valence-electron chi connectivity index (χ0n) is 9.68. The van der Waals surface area contributed by atoms with Gasteiger partial charge in [0.2, 0.25) is 5.91 Å². The molecule has 0 aromatic heterocycles. The van der Waals surface area contributed by atoms with E-state index in [2.05, 4.69) is 12.2 Å². The van der Waals surface area contributed by atoms with E-state index in [1.807, 2.05) is 13.8 Å². The van der Waals surface area contributed by atoms with Gasteiger partial charge in [-0.05, 0) is 26.2 Å². The third-order valence-corrected chi connectivity index (χ3v) is 3.44. The van der Waals surface area contributed by atoms with Crippen LogP contribution in [-0.4, -0.2) is 30.5 Å². The van der Waals surface area contributed by atoms with Crippen molar-refractivity contribution in [2.24, 2.45) is 11.8 Å².